The van der Waals surface area contributed by atoms with Gasteiger partial charge in [0, 0.05) is 6.54 Å². The van der Waals surface area contributed by atoms with Crippen LogP contribution in [0.4, 0.5) is 17.6 Å². The van der Waals surface area contributed by atoms with Crippen molar-refractivity contribution in [3.8, 4) is 0 Å². The number of nitrogens with zero attached hydrogens (tertiary/aromatic N) is 1. The Hall–Kier alpha value is -1.19. The van der Waals surface area contributed by atoms with E-state index in [-0.39, 0.29) is 6.42 Å². The van der Waals surface area contributed by atoms with Gasteiger partial charge >= 0.3 is 6.18 Å². The van der Waals surface area contributed by atoms with Crippen molar-refractivity contribution in [2.75, 3.05) is 13.2 Å². The Balaban J connectivity index is 2.51. The summed E-state index contributed by atoms with van der Waals surface area (Å²) in [6, 6.07) is 2.68. The zero-order valence-corrected chi connectivity index (χ0v) is 11.5. The van der Waals surface area contributed by atoms with Crippen LogP contribution < -0.4 is 0 Å². The van der Waals surface area contributed by atoms with Crippen LogP contribution in [0.15, 0.2) is 29.2 Å². The first-order chi connectivity index (χ1) is 9.67. The standard InChI is InChI=1S/C12H13F4NO3S/c13-8-5-9(7-18)17(6-8)21(19,20)11-4-2-1-3-10(11)12(14,15)16/h1-4,8-9,18H,5-7H2/t8-,9-/m0/s1. The summed E-state index contributed by atoms with van der Waals surface area (Å²) in [6.07, 6.45) is -6.58. The van der Waals surface area contributed by atoms with Crippen molar-refractivity contribution in [3.63, 3.8) is 0 Å². The third-order valence-corrected chi connectivity index (χ3v) is 5.28. The predicted molar refractivity (Wildman–Crippen MR) is 65.7 cm³/mol. The van der Waals surface area contributed by atoms with Crippen LogP contribution in [-0.2, 0) is 16.2 Å². The molecule has 0 unspecified atom stereocenters. The fourth-order valence-corrected chi connectivity index (χ4v) is 4.21. The highest BCUT2D eigenvalue weighted by Crippen LogP contribution is 2.37. The highest BCUT2D eigenvalue weighted by molar-refractivity contribution is 7.89. The average molecular weight is 327 g/mol. The molecule has 1 aliphatic rings. The molecule has 2 rings (SSSR count). The Morgan fingerprint density at radius 3 is 2.48 bits per heavy atom. The third kappa shape index (κ3) is 3.04. The van der Waals surface area contributed by atoms with E-state index in [1.807, 2.05) is 0 Å². The van der Waals surface area contributed by atoms with Gasteiger partial charge in [0.25, 0.3) is 0 Å². The molecule has 1 saturated heterocycles. The van der Waals surface area contributed by atoms with Gasteiger partial charge in [-0.3, -0.25) is 0 Å². The average Bonchev–Trinajstić information content (AvgIpc) is 2.80. The van der Waals surface area contributed by atoms with Gasteiger partial charge in [0.1, 0.15) is 6.17 Å². The van der Waals surface area contributed by atoms with E-state index in [1.165, 1.54) is 6.07 Å². The van der Waals surface area contributed by atoms with Crippen molar-refractivity contribution in [1.29, 1.82) is 0 Å². The van der Waals surface area contributed by atoms with E-state index in [0.717, 1.165) is 12.1 Å². The number of alkyl halides is 4. The maximum Gasteiger partial charge on any atom is 0.417 e. The van der Waals surface area contributed by atoms with Crippen LogP contribution in [0.1, 0.15) is 12.0 Å². The molecular weight excluding hydrogens is 314 g/mol. The number of hydrogen-bond donors (Lipinski definition) is 1. The molecular formula is C12H13F4NO3S. The zero-order chi connectivity index (χ0) is 15.8. The molecule has 9 heteroatoms. The summed E-state index contributed by atoms with van der Waals surface area (Å²) in [5, 5.41) is 9.10. The predicted octanol–water partition coefficient (Wildman–Crippen LogP) is 1.80. The molecule has 0 aliphatic carbocycles. The minimum atomic E-state index is -4.84. The van der Waals surface area contributed by atoms with E-state index in [1.54, 1.807) is 0 Å². The van der Waals surface area contributed by atoms with Crippen LogP contribution in [0.5, 0.6) is 0 Å². The molecule has 1 aromatic carbocycles. The first kappa shape index (κ1) is 16.2. The Morgan fingerprint density at radius 2 is 1.90 bits per heavy atom. The summed E-state index contributed by atoms with van der Waals surface area (Å²) < 4.78 is 77.4. The number of aliphatic hydroxyl groups excluding tert-OH is 1. The summed E-state index contributed by atoms with van der Waals surface area (Å²) >= 11 is 0. The molecule has 1 heterocycles. The number of benzene rings is 1. The van der Waals surface area contributed by atoms with E-state index in [9.17, 15) is 26.0 Å². The lowest BCUT2D eigenvalue weighted by atomic mass is 10.2. The highest BCUT2D eigenvalue weighted by atomic mass is 32.2. The molecule has 1 aromatic rings. The summed E-state index contributed by atoms with van der Waals surface area (Å²) in [4.78, 5) is -0.926. The van der Waals surface area contributed by atoms with Gasteiger partial charge in [0.2, 0.25) is 10.0 Å². The Labute approximate surface area is 119 Å². The summed E-state index contributed by atoms with van der Waals surface area (Å²) in [5.74, 6) is 0. The number of halogens is 4. The van der Waals surface area contributed by atoms with Crippen LogP contribution in [0.25, 0.3) is 0 Å². The van der Waals surface area contributed by atoms with E-state index < -0.39 is 52.0 Å². The Kier molecular flexibility index (Phi) is 4.27. The lowest BCUT2D eigenvalue weighted by Crippen LogP contribution is -2.38. The molecule has 1 aliphatic heterocycles. The fourth-order valence-electron chi connectivity index (χ4n) is 2.34. The molecule has 1 fully saturated rings. The summed E-state index contributed by atoms with van der Waals surface area (Å²) in [5.41, 5.74) is -1.30. The van der Waals surface area contributed by atoms with Gasteiger partial charge in [-0.25, -0.2) is 12.8 Å². The van der Waals surface area contributed by atoms with Gasteiger partial charge in [-0.1, -0.05) is 12.1 Å². The lowest BCUT2D eigenvalue weighted by molar-refractivity contribution is -0.139. The molecule has 118 valence electrons. The van der Waals surface area contributed by atoms with Gasteiger partial charge in [-0.05, 0) is 18.6 Å². The summed E-state index contributed by atoms with van der Waals surface area (Å²) in [7, 11) is -4.53. The smallest absolute Gasteiger partial charge is 0.395 e. The molecule has 0 saturated carbocycles. The van der Waals surface area contributed by atoms with Gasteiger partial charge in [0.15, 0.2) is 0 Å². The van der Waals surface area contributed by atoms with Crippen molar-refractivity contribution in [2.45, 2.75) is 29.7 Å². The van der Waals surface area contributed by atoms with Crippen molar-refractivity contribution in [3.05, 3.63) is 29.8 Å². The van der Waals surface area contributed by atoms with Crippen molar-refractivity contribution >= 4 is 10.0 Å². The van der Waals surface area contributed by atoms with E-state index in [2.05, 4.69) is 0 Å². The van der Waals surface area contributed by atoms with Crippen LogP contribution in [0.2, 0.25) is 0 Å². The van der Waals surface area contributed by atoms with Crippen LogP contribution >= 0.6 is 0 Å². The van der Waals surface area contributed by atoms with Crippen molar-refractivity contribution < 1.29 is 31.1 Å². The molecule has 0 aromatic heterocycles. The largest absolute Gasteiger partial charge is 0.417 e. The normalized spacial score (nSPS) is 24.4. The number of hydrogen-bond acceptors (Lipinski definition) is 3. The van der Waals surface area contributed by atoms with E-state index in [0.29, 0.717) is 10.4 Å². The molecule has 21 heavy (non-hydrogen) atoms. The van der Waals surface area contributed by atoms with Gasteiger partial charge in [-0.15, -0.1) is 0 Å². The van der Waals surface area contributed by atoms with E-state index in [4.69, 9.17) is 5.11 Å². The fraction of sp³-hybridized carbons (Fsp3) is 0.500. The van der Waals surface area contributed by atoms with Gasteiger partial charge in [-0.2, -0.15) is 17.5 Å². The van der Waals surface area contributed by atoms with Crippen LogP contribution in [0.3, 0.4) is 0 Å². The topological polar surface area (TPSA) is 57.6 Å². The quantitative estimate of drug-likeness (QED) is 0.861. The highest BCUT2D eigenvalue weighted by Gasteiger charge is 2.44. The molecule has 0 amide bonds. The number of aliphatic hydroxyl groups is 1. The van der Waals surface area contributed by atoms with Crippen molar-refractivity contribution in [2.24, 2.45) is 0 Å². The molecule has 0 bridgehead atoms. The Morgan fingerprint density at radius 1 is 1.29 bits per heavy atom. The van der Waals surface area contributed by atoms with Gasteiger partial charge in [0.05, 0.1) is 23.1 Å². The van der Waals surface area contributed by atoms with Crippen molar-refractivity contribution in [1.82, 2.24) is 4.31 Å². The monoisotopic (exact) mass is 327 g/mol. The van der Waals surface area contributed by atoms with Gasteiger partial charge < -0.3 is 5.11 Å². The second-order valence-electron chi connectivity index (χ2n) is 4.74. The maximum absolute atomic E-state index is 13.4. The molecule has 1 N–H and O–H groups in total. The first-order valence-electron chi connectivity index (χ1n) is 6.11. The van der Waals surface area contributed by atoms with Crippen LogP contribution in [0, 0.1) is 0 Å². The lowest BCUT2D eigenvalue weighted by Gasteiger charge is -2.23. The second-order valence-corrected chi connectivity index (χ2v) is 6.60. The number of rotatable bonds is 3. The number of sulfonamides is 1. The van der Waals surface area contributed by atoms with E-state index >= 15 is 0 Å². The molecule has 4 nitrogen and oxygen atoms in total. The summed E-state index contributed by atoms with van der Waals surface area (Å²) in [6.45, 7) is -1.20. The minimum absolute atomic E-state index is 0.232. The third-order valence-electron chi connectivity index (χ3n) is 3.30. The molecule has 0 radical (unpaired) electrons. The minimum Gasteiger partial charge on any atom is -0.395 e. The molecule has 2 atom stereocenters. The maximum atomic E-state index is 13.4. The first-order valence-corrected chi connectivity index (χ1v) is 7.55. The van der Waals surface area contributed by atoms with Crippen LogP contribution in [-0.4, -0.2) is 43.2 Å². The Bertz CT molecular complexity index is 617. The second kappa shape index (κ2) is 5.54. The SMILES string of the molecule is O=S(=O)(c1ccccc1C(F)(F)F)N1C[C@@H](F)C[C@H]1CO. The zero-order valence-electron chi connectivity index (χ0n) is 10.7. The molecule has 0 spiro atoms.